The average molecular weight is 294 g/mol. The van der Waals surface area contributed by atoms with Crippen LogP contribution in [-0.2, 0) is 0 Å². The van der Waals surface area contributed by atoms with Crippen LogP contribution in [-0.4, -0.2) is 32.6 Å². The second-order valence-corrected chi connectivity index (χ2v) is 12.5. The van der Waals surface area contributed by atoms with Crippen LogP contribution in [0.1, 0.15) is 58.8 Å². The molecule has 2 atom stereocenters. The molecule has 2 aliphatic heterocycles. The number of likely N-dealkylation sites (tertiary alicyclic amines) is 1. The first-order valence-electron chi connectivity index (χ1n) is 9.05. The Kier molecular flexibility index (Phi) is 5.92. The quantitative estimate of drug-likeness (QED) is 0.424. The van der Waals surface area contributed by atoms with Gasteiger partial charge in [-0.3, -0.25) is 0 Å². The highest BCUT2D eigenvalue weighted by Crippen LogP contribution is 2.58. The molecule has 0 aromatic heterocycles. The zero-order chi connectivity index (χ0) is 14.5. The summed E-state index contributed by atoms with van der Waals surface area (Å²) in [5.41, 5.74) is 0. The van der Waals surface area contributed by atoms with Crippen molar-refractivity contribution < 1.29 is 0 Å². The van der Waals surface area contributed by atoms with Crippen molar-refractivity contribution in [2.75, 3.05) is 19.6 Å². The largest absolute Gasteiger partial charge is 0.303 e. The smallest absolute Gasteiger partial charge is 0.0632 e. The molecule has 2 aliphatic rings. The summed E-state index contributed by atoms with van der Waals surface area (Å²) < 4.78 is 0. The summed E-state index contributed by atoms with van der Waals surface area (Å²) in [5.74, 6) is 0. The topological polar surface area (TPSA) is 3.24 Å². The van der Waals surface area contributed by atoms with E-state index in [1.54, 1.807) is 6.04 Å². The van der Waals surface area contributed by atoms with Gasteiger partial charge in [-0.15, -0.1) is 6.58 Å². The first kappa shape index (κ1) is 16.3. The van der Waals surface area contributed by atoms with Gasteiger partial charge in [0.1, 0.15) is 0 Å². The van der Waals surface area contributed by atoms with Crippen molar-refractivity contribution in [1.29, 1.82) is 0 Å². The SMILES string of the molecule is C=CC[Si]1(CC)CCCCC1(CC)CCCN1CCC1. The van der Waals surface area contributed by atoms with Gasteiger partial charge in [-0.25, -0.2) is 0 Å². The third-order valence-electron chi connectivity index (χ3n) is 6.65. The van der Waals surface area contributed by atoms with E-state index in [9.17, 15) is 0 Å². The van der Waals surface area contributed by atoms with E-state index in [-0.39, 0.29) is 0 Å². The standard InChI is InChI=1S/C18H35NSi/c1-4-16-20(6-3)17-8-7-11-18(20,5-2)12-9-13-19-14-10-15-19/h4H,1,5-17H2,2-3H3. The molecule has 0 radical (unpaired) electrons. The maximum absolute atomic E-state index is 4.11. The van der Waals surface area contributed by atoms with E-state index in [1.165, 1.54) is 76.7 Å². The molecule has 2 fully saturated rings. The molecule has 2 unspecified atom stereocenters. The van der Waals surface area contributed by atoms with Gasteiger partial charge in [0, 0.05) is 0 Å². The molecule has 2 heteroatoms. The van der Waals surface area contributed by atoms with E-state index in [4.69, 9.17) is 0 Å². The third kappa shape index (κ3) is 3.06. The Bertz CT molecular complexity index is 313. The Morgan fingerprint density at radius 3 is 2.55 bits per heavy atom. The van der Waals surface area contributed by atoms with Crippen LogP contribution in [0.25, 0.3) is 0 Å². The van der Waals surface area contributed by atoms with Crippen LogP contribution in [0, 0.1) is 0 Å². The Labute approximate surface area is 127 Å². The van der Waals surface area contributed by atoms with E-state index in [0.29, 0.717) is 0 Å². The molecule has 0 bridgehead atoms. The van der Waals surface area contributed by atoms with Gasteiger partial charge in [0.05, 0.1) is 8.07 Å². The second kappa shape index (κ2) is 7.26. The summed E-state index contributed by atoms with van der Waals surface area (Å²) in [6.07, 6.45) is 12.6. The van der Waals surface area contributed by atoms with E-state index in [1.807, 2.05) is 0 Å². The van der Waals surface area contributed by atoms with Crippen LogP contribution in [0.4, 0.5) is 0 Å². The Balaban J connectivity index is 2.03. The maximum Gasteiger partial charge on any atom is 0.0632 e. The van der Waals surface area contributed by atoms with Crippen LogP contribution in [0.5, 0.6) is 0 Å². The van der Waals surface area contributed by atoms with Gasteiger partial charge in [-0.2, -0.15) is 0 Å². The van der Waals surface area contributed by atoms with Gasteiger partial charge in [-0.1, -0.05) is 51.3 Å². The zero-order valence-electron chi connectivity index (χ0n) is 13.9. The number of allylic oxidation sites excluding steroid dienone is 1. The molecule has 2 rings (SSSR count). The van der Waals surface area contributed by atoms with Crippen LogP contribution < -0.4 is 0 Å². The molecule has 20 heavy (non-hydrogen) atoms. The second-order valence-electron chi connectivity index (χ2n) is 7.27. The third-order valence-corrected chi connectivity index (χ3v) is 13.5. The Morgan fingerprint density at radius 2 is 2.00 bits per heavy atom. The van der Waals surface area contributed by atoms with Gasteiger partial charge >= 0.3 is 0 Å². The van der Waals surface area contributed by atoms with E-state index < -0.39 is 8.07 Å². The first-order valence-corrected chi connectivity index (χ1v) is 11.7. The number of nitrogens with zero attached hydrogens (tertiary/aromatic N) is 1. The minimum absolute atomic E-state index is 0.735. The number of hydrogen-bond acceptors (Lipinski definition) is 1. The lowest BCUT2D eigenvalue weighted by atomic mass is 9.91. The molecular weight excluding hydrogens is 258 g/mol. The normalized spacial score (nSPS) is 34.7. The molecule has 1 nitrogen and oxygen atoms in total. The van der Waals surface area contributed by atoms with Crippen molar-refractivity contribution in [3.8, 4) is 0 Å². The molecule has 0 spiro atoms. The molecule has 2 heterocycles. The minimum Gasteiger partial charge on any atom is -0.303 e. The van der Waals surface area contributed by atoms with Crippen LogP contribution in [0.3, 0.4) is 0 Å². The number of rotatable bonds is 8. The molecule has 0 aliphatic carbocycles. The van der Waals surface area contributed by atoms with Crippen LogP contribution in [0.2, 0.25) is 23.2 Å². The molecule has 116 valence electrons. The van der Waals surface area contributed by atoms with Crippen molar-refractivity contribution in [3.63, 3.8) is 0 Å². The highest BCUT2D eigenvalue weighted by Gasteiger charge is 2.50. The lowest BCUT2D eigenvalue weighted by molar-refractivity contribution is 0.173. The average Bonchev–Trinajstić information content (AvgIpc) is 2.43. The molecule has 0 aromatic carbocycles. The van der Waals surface area contributed by atoms with Gasteiger partial charge < -0.3 is 4.90 Å². The van der Waals surface area contributed by atoms with Crippen molar-refractivity contribution in [1.82, 2.24) is 4.90 Å². The highest BCUT2D eigenvalue weighted by molar-refractivity contribution is 6.83. The summed E-state index contributed by atoms with van der Waals surface area (Å²) >= 11 is 0. The number of hydrogen-bond donors (Lipinski definition) is 0. The Hall–Kier alpha value is -0.0831. The molecule has 0 amide bonds. The van der Waals surface area contributed by atoms with Crippen molar-refractivity contribution in [3.05, 3.63) is 12.7 Å². The van der Waals surface area contributed by atoms with Crippen molar-refractivity contribution in [2.45, 2.75) is 82.0 Å². The lowest BCUT2D eigenvalue weighted by Crippen LogP contribution is -2.49. The fourth-order valence-corrected chi connectivity index (χ4v) is 11.3. The lowest BCUT2D eigenvalue weighted by Gasteiger charge is -2.53. The molecule has 0 N–H and O–H groups in total. The summed E-state index contributed by atoms with van der Waals surface area (Å²) in [6, 6.07) is 4.44. The molecular formula is C18H35NSi. The van der Waals surface area contributed by atoms with E-state index in [2.05, 4.69) is 31.4 Å². The maximum atomic E-state index is 4.11. The summed E-state index contributed by atoms with van der Waals surface area (Å²) in [7, 11) is -1.14. The van der Waals surface area contributed by atoms with Crippen molar-refractivity contribution in [2.24, 2.45) is 0 Å². The van der Waals surface area contributed by atoms with Crippen molar-refractivity contribution >= 4 is 8.07 Å². The van der Waals surface area contributed by atoms with Gasteiger partial charge in [0.15, 0.2) is 0 Å². The fourth-order valence-electron chi connectivity index (χ4n) is 5.11. The fraction of sp³-hybridized carbons (Fsp3) is 0.889. The summed E-state index contributed by atoms with van der Waals surface area (Å²) in [6.45, 7) is 13.2. The predicted octanol–water partition coefficient (Wildman–Crippen LogP) is 5.46. The van der Waals surface area contributed by atoms with Crippen LogP contribution in [0.15, 0.2) is 12.7 Å². The summed E-state index contributed by atoms with van der Waals surface area (Å²) in [5, 5.41) is 0.735. The monoisotopic (exact) mass is 293 g/mol. The van der Waals surface area contributed by atoms with Crippen LogP contribution >= 0.6 is 0 Å². The predicted molar refractivity (Wildman–Crippen MR) is 93.2 cm³/mol. The van der Waals surface area contributed by atoms with Gasteiger partial charge in [0.25, 0.3) is 0 Å². The van der Waals surface area contributed by atoms with E-state index in [0.717, 1.165) is 5.04 Å². The summed E-state index contributed by atoms with van der Waals surface area (Å²) in [4.78, 5) is 2.65. The zero-order valence-corrected chi connectivity index (χ0v) is 14.9. The first-order chi connectivity index (χ1) is 9.72. The minimum atomic E-state index is -1.14. The molecule has 0 aromatic rings. The van der Waals surface area contributed by atoms with Gasteiger partial charge in [0.2, 0.25) is 0 Å². The Morgan fingerprint density at radius 1 is 1.20 bits per heavy atom. The highest BCUT2D eigenvalue weighted by atomic mass is 28.3. The molecule has 0 saturated carbocycles. The van der Waals surface area contributed by atoms with Gasteiger partial charge in [-0.05, 0) is 56.4 Å². The van der Waals surface area contributed by atoms with E-state index >= 15 is 0 Å². The molecule has 2 saturated heterocycles.